The van der Waals surface area contributed by atoms with Gasteiger partial charge in [-0.3, -0.25) is 9.88 Å². The average molecular weight is 408 g/mol. The first-order chi connectivity index (χ1) is 14.3. The minimum absolute atomic E-state index is 0.758. The van der Waals surface area contributed by atoms with Gasteiger partial charge in [0.1, 0.15) is 5.75 Å². The third-order valence-corrected chi connectivity index (χ3v) is 7.74. The zero-order valence-electron chi connectivity index (χ0n) is 17.1. The number of benzene rings is 1. The highest BCUT2D eigenvalue weighted by atomic mass is 32.1. The predicted octanol–water partition coefficient (Wildman–Crippen LogP) is 5.15. The molecule has 0 radical (unpaired) electrons. The number of thiophene rings is 1. The molecule has 29 heavy (non-hydrogen) atoms. The predicted molar refractivity (Wildman–Crippen MR) is 121 cm³/mol. The summed E-state index contributed by atoms with van der Waals surface area (Å²) in [5, 5.41) is 3.37. The highest BCUT2D eigenvalue weighted by molar-refractivity contribution is 7.10. The Morgan fingerprint density at radius 3 is 2.55 bits per heavy atom. The van der Waals surface area contributed by atoms with E-state index in [0.717, 1.165) is 54.8 Å². The lowest BCUT2D eigenvalue weighted by Crippen LogP contribution is -2.51. The van der Waals surface area contributed by atoms with Gasteiger partial charge in [0.15, 0.2) is 0 Å². The molecule has 1 aliphatic carbocycles. The maximum Gasteiger partial charge on any atom is 0.121 e. The first-order valence-electron chi connectivity index (χ1n) is 10.8. The zero-order valence-corrected chi connectivity index (χ0v) is 17.9. The number of anilines is 1. The molecule has 152 valence electrons. The first-order valence-corrected chi connectivity index (χ1v) is 11.6. The first kappa shape index (κ1) is 18.9. The molecule has 5 rings (SSSR count). The van der Waals surface area contributed by atoms with Crippen molar-refractivity contribution in [3.63, 3.8) is 0 Å². The molecule has 2 aromatic heterocycles. The van der Waals surface area contributed by atoms with Crippen LogP contribution in [0, 0.1) is 0 Å². The standard InChI is InChI=1S/C24H29N3OS/c1-28-21-16-19-4-2-10-25-24(19)22(17-21)27-13-11-26(12-14-27)20-8-6-18(7-9-20)23-5-3-15-29-23/h2-5,10,15-18,20H,6-9,11-14H2,1H3/t18-,20-. The summed E-state index contributed by atoms with van der Waals surface area (Å²) in [6.45, 7) is 4.40. The Bertz CT molecular complexity index is 942. The Kier molecular flexibility index (Phi) is 5.42. The van der Waals surface area contributed by atoms with Crippen molar-refractivity contribution in [2.45, 2.75) is 37.6 Å². The maximum absolute atomic E-state index is 5.55. The van der Waals surface area contributed by atoms with Gasteiger partial charge in [0.25, 0.3) is 0 Å². The van der Waals surface area contributed by atoms with Gasteiger partial charge in [-0.1, -0.05) is 12.1 Å². The number of nitrogens with zero attached hydrogens (tertiary/aromatic N) is 3. The molecular weight excluding hydrogens is 378 g/mol. The molecule has 4 nitrogen and oxygen atoms in total. The van der Waals surface area contributed by atoms with Crippen molar-refractivity contribution >= 4 is 27.9 Å². The Morgan fingerprint density at radius 2 is 1.83 bits per heavy atom. The SMILES string of the molecule is COc1cc(N2CCN([C@H]3CC[C@H](c4cccs4)CC3)CC2)c2ncccc2c1. The molecular formula is C24H29N3OS. The fraction of sp³-hybridized carbons (Fsp3) is 0.458. The van der Waals surface area contributed by atoms with Crippen LogP contribution in [-0.2, 0) is 0 Å². The summed E-state index contributed by atoms with van der Waals surface area (Å²) in [7, 11) is 1.74. The maximum atomic E-state index is 5.55. The van der Waals surface area contributed by atoms with Crippen LogP contribution in [0.5, 0.6) is 5.75 Å². The number of ether oxygens (including phenoxy) is 1. The number of fused-ring (bicyclic) bond motifs is 1. The second kappa shape index (κ2) is 8.33. The molecule has 0 atom stereocenters. The van der Waals surface area contributed by atoms with E-state index in [4.69, 9.17) is 4.74 Å². The number of pyridine rings is 1. The van der Waals surface area contributed by atoms with Crippen LogP contribution < -0.4 is 9.64 Å². The molecule has 1 aliphatic heterocycles. The highest BCUT2D eigenvalue weighted by Crippen LogP contribution is 2.37. The Balaban J connectivity index is 1.24. The van der Waals surface area contributed by atoms with Gasteiger partial charge in [-0.25, -0.2) is 0 Å². The highest BCUT2D eigenvalue weighted by Gasteiger charge is 2.29. The number of methoxy groups -OCH3 is 1. The number of hydrogen-bond acceptors (Lipinski definition) is 5. The van der Waals surface area contributed by atoms with Gasteiger partial charge >= 0.3 is 0 Å². The summed E-state index contributed by atoms with van der Waals surface area (Å²) < 4.78 is 5.55. The fourth-order valence-electron chi connectivity index (χ4n) is 5.08. The summed E-state index contributed by atoms with van der Waals surface area (Å²) >= 11 is 1.93. The molecule has 2 aliphatic rings. The lowest BCUT2D eigenvalue weighted by Gasteiger charge is -2.42. The second-order valence-electron chi connectivity index (χ2n) is 8.27. The normalized spacial score (nSPS) is 23.4. The number of hydrogen-bond donors (Lipinski definition) is 0. The van der Waals surface area contributed by atoms with E-state index in [9.17, 15) is 0 Å². The second-order valence-corrected chi connectivity index (χ2v) is 9.24. The topological polar surface area (TPSA) is 28.6 Å². The third-order valence-electron chi connectivity index (χ3n) is 6.71. The van der Waals surface area contributed by atoms with Crippen molar-refractivity contribution < 1.29 is 4.74 Å². The van der Waals surface area contributed by atoms with Crippen LogP contribution in [0.1, 0.15) is 36.5 Å². The third kappa shape index (κ3) is 3.86. The molecule has 0 bridgehead atoms. The molecule has 1 aromatic carbocycles. The van der Waals surface area contributed by atoms with Gasteiger partial charge in [0, 0.05) is 54.7 Å². The molecule has 0 spiro atoms. The summed E-state index contributed by atoms with van der Waals surface area (Å²) in [6.07, 6.45) is 7.25. The average Bonchev–Trinajstić information content (AvgIpc) is 3.33. The minimum Gasteiger partial charge on any atom is -0.497 e. The monoisotopic (exact) mass is 407 g/mol. The molecule has 1 saturated heterocycles. The van der Waals surface area contributed by atoms with Gasteiger partial charge in [-0.15, -0.1) is 11.3 Å². The van der Waals surface area contributed by atoms with Gasteiger partial charge in [-0.2, -0.15) is 0 Å². The van der Waals surface area contributed by atoms with Crippen molar-refractivity contribution in [3.05, 3.63) is 52.9 Å². The van der Waals surface area contributed by atoms with Crippen molar-refractivity contribution in [1.82, 2.24) is 9.88 Å². The molecule has 0 amide bonds. The van der Waals surface area contributed by atoms with Gasteiger partial charge in [-0.05, 0) is 55.2 Å². The van der Waals surface area contributed by atoms with E-state index in [-0.39, 0.29) is 0 Å². The molecule has 2 fully saturated rings. The molecule has 0 unspecified atom stereocenters. The zero-order chi connectivity index (χ0) is 19.6. The van der Waals surface area contributed by atoms with Gasteiger partial charge in [0.05, 0.1) is 18.3 Å². The van der Waals surface area contributed by atoms with Crippen LogP contribution >= 0.6 is 11.3 Å². The number of rotatable bonds is 4. The van der Waals surface area contributed by atoms with E-state index >= 15 is 0 Å². The Morgan fingerprint density at radius 1 is 1.00 bits per heavy atom. The van der Waals surface area contributed by atoms with E-state index in [1.807, 2.05) is 23.6 Å². The van der Waals surface area contributed by atoms with Crippen LogP contribution in [0.3, 0.4) is 0 Å². The summed E-state index contributed by atoms with van der Waals surface area (Å²) in [5.41, 5.74) is 2.29. The Labute approximate surface area is 177 Å². The molecule has 3 aromatic rings. The van der Waals surface area contributed by atoms with E-state index < -0.39 is 0 Å². The van der Waals surface area contributed by atoms with Crippen molar-refractivity contribution in [1.29, 1.82) is 0 Å². The van der Waals surface area contributed by atoms with Crippen LogP contribution in [-0.4, -0.2) is 49.2 Å². The lowest BCUT2D eigenvalue weighted by atomic mass is 9.84. The van der Waals surface area contributed by atoms with Crippen molar-refractivity contribution in [2.24, 2.45) is 0 Å². The number of piperazine rings is 1. The van der Waals surface area contributed by atoms with Crippen LogP contribution in [0.4, 0.5) is 5.69 Å². The summed E-state index contributed by atoms with van der Waals surface area (Å²) in [4.78, 5) is 11.5. The van der Waals surface area contributed by atoms with Crippen LogP contribution in [0.25, 0.3) is 10.9 Å². The van der Waals surface area contributed by atoms with E-state index in [2.05, 4.69) is 50.5 Å². The Hall–Kier alpha value is -2.11. The quantitative estimate of drug-likeness (QED) is 0.598. The van der Waals surface area contributed by atoms with Gasteiger partial charge < -0.3 is 9.64 Å². The smallest absolute Gasteiger partial charge is 0.121 e. The number of aromatic nitrogens is 1. The summed E-state index contributed by atoms with van der Waals surface area (Å²) in [5.74, 6) is 1.71. The van der Waals surface area contributed by atoms with E-state index in [1.165, 1.54) is 31.4 Å². The van der Waals surface area contributed by atoms with Crippen LogP contribution in [0.15, 0.2) is 48.0 Å². The van der Waals surface area contributed by atoms with E-state index in [0.29, 0.717) is 0 Å². The van der Waals surface area contributed by atoms with E-state index in [1.54, 1.807) is 12.0 Å². The van der Waals surface area contributed by atoms with Crippen molar-refractivity contribution in [3.8, 4) is 5.75 Å². The van der Waals surface area contributed by atoms with Gasteiger partial charge in [0.2, 0.25) is 0 Å². The molecule has 3 heterocycles. The molecule has 1 saturated carbocycles. The fourth-order valence-corrected chi connectivity index (χ4v) is 5.98. The van der Waals surface area contributed by atoms with Crippen molar-refractivity contribution in [2.75, 3.05) is 38.2 Å². The minimum atomic E-state index is 0.758. The largest absolute Gasteiger partial charge is 0.497 e. The summed E-state index contributed by atoms with van der Waals surface area (Å²) in [6, 6.07) is 13.6. The van der Waals surface area contributed by atoms with Crippen LogP contribution in [0.2, 0.25) is 0 Å². The molecule has 5 heteroatoms. The molecule has 0 N–H and O–H groups in total. The lowest BCUT2D eigenvalue weighted by molar-refractivity contribution is 0.142.